The lowest BCUT2D eigenvalue weighted by molar-refractivity contribution is 0.576. The standard InChI is InChI=1S/C18H19N3S/c1-10-7-12(3)16-14(8-10)15-9-13(4)20-21(15)18(19-16)17-11(2)5-6-22-17/h5-9,18-19H,1-4H3/t18-/m0/s1. The summed E-state index contributed by atoms with van der Waals surface area (Å²) in [5, 5.41) is 10.6. The lowest BCUT2D eigenvalue weighted by Gasteiger charge is -2.30. The van der Waals surface area contributed by atoms with Gasteiger partial charge < -0.3 is 5.32 Å². The topological polar surface area (TPSA) is 29.9 Å². The minimum absolute atomic E-state index is 0.0811. The Labute approximate surface area is 134 Å². The number of thiophene rings is 1. The Morgan fingerprint density at radius 2 is 1.91 bits per heavy atom. The maximum Gasteiger partial charge on any atom is 0.156 e. The molecule has 4 heteroatoms. The van der Waals surface area contributed by atoms with Crippen LogP contribution in [0.1, 0.15) is 33.4 Å². The molecular formula is C18H19N3S. The zero-order valence-electron chi connectivity index (χ0n) is 13.3. The van der Waals surface area contributed by atoms with Crippen molar-refractivity contribution in [3.05, 3.63) is 56.9 Å². The largest absolute Gasteiger partial charge is 0.359 e. The van der Waals surface area contributed by atoms with E-state index in [9.17, 15) is 0 Å². The predicted octanol–water partition coefficient (Wildman–Crippen LogP) is 4.82. The van der Waals surface area contributed by atoms with E-state index in [4.69, 9.17) is 5.10 Å². The molecule has 112 valence electrons. The van der Waals surface area contributed by atoms with E-state index in [-0.39, 0.29) is 6.17 Å². The molecule has 2 aromatic heterocycles. The Kier molecular flexibility index (Phi) is 2.91. The molecule has 3 nitrogen and oxygen atoms in total. The van der Waals surface area contributed by atoms with Crippen LogP contribution < -0.4 is 5.32 Å². The molecule has 3 heterocycles. The van der Waals surface area contributed by atoms with Gasteiger partial charge in [0.1, 0.15) is 0 Å². The van der Waals surface area contributed by atoms with Crippen LogP contribution in [0.5, 0.6) is 0 Å². The van der Waals surface area contributed by atoms with E-state index >= 15 is 0 Å². The molecule has 22 heavy (non-hydrogen) atoms. The third kappa shape index (κ3) is 1.91. The summed E-state index contributed by atoms with van der Waals surface area (Å²) in [6.45, 7) is 8.56. The highest BCUT2D eigenvalue weighted by molar-refractivity contribution is 7.10. The molecule has 0 bridgehead atoms. The third-order valence-corrected chi connectivity index (χ3v) is 5.36. The van der Waals surface area contributed by atoms with Gasteiger partial charge in [-0.15, -0.1) is 11.3 Å². The van der Waals surface area contributed by atoms with Crippen molar-refractivity contribution in [2.75, 3.05) is 5.32 Å². The Morgan fingerprint density at radius 3 is 2.64 bits per heavy atom. The number of rotatable bonds is 1. The average molecular weight is 309 g/mol. The number of benzene rings is 1. The summed E-state index contributed by atoms with van der Waals surface area (Å²) in [4.78, 5) is 1.33. The van der Waals surface area contributed by atoms with Gasteiger partial charge in [0.2, 0.25) is 0 Å². The Morgan fingerprint density at radius 1 is 1.09 bits per heavy atom. The molecule has 0 aliphatic carbocycles. The summed E-state index contributed by atoms with van der Waals surface area (Å²) in [6, 6.07) is 8.85. The summed E-state index contributed by atoms with van der Waals surface area (Å²) >= 11 is 1.79. The molecule has 1 aromatic carbocycles. The summed E-state index contributed by atoms with van der Waals surface area (Å²) in [7, 11) is 0. The van der Waals surface area contributed by atoms with Crippen molar-refractivity contribution in [3.8, 4) is 11.3 Å². The van der Waals surface area contributed by atoms with Crippen LogP contribution >= 0.6 is 11.3 Å². The van der Waals surface area contributed by atoms with Crippen molar-refractivity contribution in [2.24, 2.45) is 0 Å². The van der Waals surface area contributed by atoms with Gasteiger partial charge in [0.05, 0.1) is 16.3 Å². The van der Waals surface area contributed by atoms with Crippen molar-refractivity contribution >= 4 is 17.0 Å². The lowest BCUT2D eigenvalue weighted by Crippen LogP contribution is -2.26. The monoisotopic (exact) mass is 309 g/mol. The van der Waals surface area contributed by atoms with Crippen molar-refractivity contribution < 1.29 is 0 Å². The summed E-state index contributed by atoms with van der Waals surface area (Å²) in [5.41, 5.74) is 8.64. The quantitative estimate of drug-likeness (QED) is 0.698. The van der Waals surface area contributed by atoms with Gasteiger partial charge in [0.15, 0.2) is 6.17 Å². The van der Waals surface area contributed by atoms with Gasteiger partial charge in [-0.05, 0) is 62.4 Å². The molecule has 0 fully saturated rings. The number of fused-ring (bicyclic) bond motifs is 3. The number of hydrogen-bond donors (Lipinski definition) is 1. The van der Waals surface area contributed by atoms with Gasteiger partial charge in [-0.3, -0.25) is 0 Å². The molecule has 0 saturated heterocycles. The summed E-state index contributed by atoms with van der Waals surface area (Å²) in [6.07, 6.45) is 0.0811. The minimum atomic E-state index is 0.0811. The molecule has 0 unspecified atom stereocenters. The van der Waals surface area contributed by atoms with Crippen molar-refractivity contribution in [1.29, 1.82) is 0 Å². The van der Waals surface area contributed by atoms with Gasteiger partial charge in [0, 0.05) is 11.3 Å². The highest BCUT2D eigenvalue weighted by atomic mass is 32.1. The van der Waals surface area contributed by atoms with E-state index in [1.807, 2.05) is 0 Å². The number of hydrogen-bond acceptors (Lipinski definition) is 3. The first-order valence-corrected chi connectivity index (χ1v) is 8.41. The Bertz CT molecular complexity index is 873. The molecule has 1 aliphatic heterocycles. The van der Waals surface area contributed by atoms with Crippen LogP contribution in [0.25, 0.3) is 11.3 Å². The van der Waals surface area contributed by atoms with Gasteiger partial charge >= 0.3 is 0 Å². The Balaban J connectivity index is 1.98. The number of aromatic nitrogens is 2. The van der Waals surface area contributed by atoms with Crippen LogP contribution in [0.4, 0.5) is 5.69 Å². The van der Waals surface area contributed by atoms with E-state index in [0.29, 0.717) is 0 Å². The number of aryl methyl sites for hydroxylation is 4. The first-order chi connectivity index (χ1) is 10.5. The second-order valence-corrected chi connectivity index (χ2v) is 7.08. The lowest BCUT2D eigenvalue weighted by atomic mass is 9.99. The van der Waals surface area contributed by atoms with Crippen LogP contribution in [0.3, 0.4) is 0 Å². The minimum Gasteiger partial charge on any atom is -0.359 e. The van der Waals surface area contributed by atoms with E-state index in [1.54, 1.807) is 11.3 Å². The van der Waals surface area contributed by atoms with E-state index in [2.05, 4.69) is 67.3 Å². The van der Waals surface area contributed by atoms with E-state index in [1.165, 1.54) is 38.5 Å². The van der Waals surface area contributed by atoms with Crippen molar-refractivity contribution in [2.45, 2.75) is 33.9 Å². The van der Waals surface area contributed by atoms with Crippen LogP contribution in [-0.2, 0) is 0 Å². The number of nitrogens with zero attached hydrogens (tertiary/aromatic N) is 2. The van der Waals surface area contributed by atoms with Crippen molar-refractivity contribution in [1.82, 2.24) is 9.78 Å². The average Bonchev–Trinajstić information content (AvgIpc) is 3.04. The van der Waals surface area contributed by atoms with Crippen LogP contribution in [0, 0.1) is 27.7 Å². The fraction of sp³-hybridized carbons (Fsp3) is 0.278. The maximum atomic E-state index is 4.75. The molecule has 1 aliphatic rings. The summed E-state index contributed by atoms with van der Waals surface area (Å²) < 4.78 is 2.13. The van der Waals surface area contributed by atoms with Crippen molar-refractivity contribution in [3.63, 3.8) is 0 Å². The second-order valence-electron chi connectivity index (χ2n) is 6.13. The Hall–Kier alpha value is -2.07. The molecule has 0 spiro atoms. The molecule has 3 aromatic rings. The first kappa shape index (κ1) is 13.6. The van der Waals surface area contributed by atoms with E-state index in [0.717, 1.165) is 5.69 Å². The fourth-order valence-electron chi connectivity index (χ4n) is 3.31. The molecule has 4 rings (SSSR count). The van der Waals surface area contributed by atoms with Gasteiger partial charge in [-0.1, -0.05) is 11.6 Å². The molecule has 0 radical (unpaired) electrons. The third-order valence-electron chi connectivity index (χ3n) is 4.29. The zero-order chi connectivity index (χ0) is 15.4. The van der Waals surface area contributed by atoms with Gasteiger partial charge in [-0.2, -0.15) is 5.10 Å². The normalized spacial score (nSPS) is 16.1. The van der Waals surface area contributed by atoms with Crippen LogP contribution in [0.2, 0.25) is 0 Å². The van der Waals surface area contributed by atoms with E-state index < -0.39 is 0 Å². The SMILES string of the molecule is Cc1cc(C)c2c(c1)-c1cc(C)nn1[C@@H](c1sccc1C)N2. The first-order valence-electron chi connectivity index (χ1n) is 7.53. The van der Waals surface area contributed by atoms with Crippen LogP contribution in [0.15, 0.2) is 29.6 Å². The second kappa shape index (κ2) is 4.71. The highest BCUT2D eigenvalue weighted by Gasteiger charge is 2.29. The van der Waals surface area contributed by atoms with Gasteiger partial charge in [0.25, 0.3) is 0 Å². The fourth-order valence-corrected chi connectivity index (χ4v) is 4.28. The zero-order valence-corrected chi connectivity index (χ0v) is 14.1. The smallest absolute Gasteiger partial charge is 0.156 e. The molecule has 0 amide bonds. The predicted molar refractivity (Wildman–Crippen MR) is 92.7 cm³/mol. The molecule has 1 atom stereocenters. The van der Waals surface area contributed by atoms with Crippen LogP contribution in [-0.4, -0.2) is 9.78 Å². The summed E-state index contributed by atoms with van der Waals surface area (Å²) in [5.74, 6) is 0. The molecule has 0 saturated carbocycles. The molecular weight excluding hydrogens is 290 g/mol. The molecule has 1 N–H and O–H groups in total. The number of nitrogens with one attached hydrogen (secondary N) is 1. The maximum absolute atomic E-state index is 4.75. The highest BCUT2D eigenvalue weighted by Crippen LogP contribution is 2.42. The number of anilines is 1. The van der Waals surface area contributed by atoms with Gasteiger partial charge in [-0.25, -0.2) is 4.68 Å².